The summed E-state index contributed by atoms with van der Waals surface area (Å²) in [6, 6.07) is 8.37. The van der Waals surface area contributed by atoms with Crippen LogP contribution in [-0.2, 0) is 21.0 Å². The first-order valence-electron chi connectivity index (χ1n) is 5.65. The van der Waals surface area contributed by atoms with E-state index in [0.29, 0.717) is 0 Å². The van der Waals surface area contributed by atoms with Gasteiger partial charge in [-0.15, -0.1) is 0 Å². The summed E-state index contributed by atoms with van der Waals surface area (Å²) in [6.45, 7) is 8.41. The van der Waals surface area contributed by atoms with E-state index >= 15 is 0 Å². The van der Waals surface area contributed by atoms with Crippen molar-refractivity contribution < 1.29 is 9.78 Å². The van der Waals surface area contributed by atoms with Gasteiger partial charge in [0.2, 0.25) is 0 Å². The van der Waals surface area contributed by atoms with Crippen LogP contribution in [0.3, 0.4) is 0 Å². The van der Waals surface area contributed by atoms with Gasteiger partial charge in [0.15, 0.2) is 0 Å². The van der Waals surface area contributed by atoms with Crippen molar-refractivity contribution in [3.05, 3.63) is 46.5 Å². The largest absolute Gasteiger partial charge is 0.220 e. The highest BCUT2D eigenvalue weighted by Gasteiger charge is 2.53. The summed E-state index contributed by atoms with van der Waals surface area (Å²) in [7, 11) is 0. The monoisotopic (exact) mass is 216 g/mol. The molecule has 0 saturated carbocycles. The molecular weight excluding hydrogens is 200 g/mol. The maximum atomic E-state index is 5.62. The fraction of sp³-hybridized carbons (Fsp3) is 0.429. The molecule has 0 fully saturated rings. The summed E-state index contributed by atoms with van der Waals surface area (Å²) in [5.41, 5.74) is 4.15. The average Bonchev–Trinajstić information content (AvgIpc) is 2.31. The predicted octanol–water partition coefficient (Wildman–Crippen LogP) is 3.43. The fourth-order valence-corrected chi connectivity index (χ4v) is 2.82. The third-order valence-electron chi connectivity index (χ3n) is 4.32. The number of benzene rings is 1. The Hall–Kier alpha value is -1.12. The van der Waals surface area contributed by atoms with E-state index in [1.165, 1.54) is 22.3 Å². The average molecular weight is 216 g/mol. The van der Waals surface area contributed by atoms with E-state index in [2.05, 4.69) is 52.0 Å². The van der Waals surface area contributed by atoms with Crippen molar-refractivity contribution in [3.63, 3.8) is 0 Å². The molecule has 0 radical (unpaired) electrons. The fourth-order valence-electron chi connectivity index (χ4n) is 2.82. The molecule has 2 nitrogen and oxygen atoms in total. The lowest BCUT2D eigenvalue weighted by atomic mass is 9.69. The van der Waals surface area contributed by atoms with E-state index in [9.17, 15) is 0 Å². The number of rotatable bonds is 0. The Balaban J connectivity index is 2.40. The van der Waals surface area contributed by atoms with Crippen molar-refractivity contribution >= 4 is 0 Å². The summed E-state index contributed by atoms with van der Waals surface area (Å²) in [4.78, 5) is 11.2. The van der Waals surface area contributed by atoms with E-state index in [4.69, 9.17) is 9.78 Å². The van der Waals surface area contributed by atoms with Crippen molar-refractivity contribution in [3.8, 4) is 0 Å². The minimum absolute atomic E-state index is 0.418. The molecule has 4 rings (SSSR count). The molecule has 1 aliphatic carbocycles. The van der Waals surface area contributed by atoms with Gasteiger partial charge in [-0.3, -0.25) is 0 Å². The van der Waals surface area contributed by atoms with Gasteiger partial charge >= 0.3 is 0 Å². The van der Waals surface area contributed by atoms with Crippen molar-refractivity contribution in [2.75, 3.05) is 0 Å². The zero-order chi connectivity index (χ0) is 11.6. The molecule has 16 heavy (non-hydrogen) atoms. The molecular formula is C14H16O2. The first kappa shape index (κ1) is 10.1. The van der Waals surface area contributed by atoms with Gasteiger partial charge in [-0.05, 0) is 50.0 Å². The van der Waals surface area contributed by atoms with E-state index < -0.39 is 11.2 Å². The number of fused-ring (bicyclic) bond motifs is 1. The van der Waals surface area contributed by atoms with Crippen LogP contribution in [0.25, 0.3) is 0 Å². The van der Waals surface area contributed by atoms with Crippen LogP contribution in [0, 0.1) is 0 Å². The van der Waals surface area contributed by atoms with Gasteiger partial charge < -0.3 is 0 Å². The highest BCUT2D eigenvalue weighted by atomic mass is 17.2. The molecule has 0 N–H and O–H groups in total. The topological polar surface area (TPSA) is 18.5 Å². The van der Waals surface area contributed by atoms with Crippen LogP contribution in [-0.4, -0.2) is 0 Å². The smallest absolute Gasteiger partial charge is 0.147 e. The van der Waals surface area contributed by atoms with Crippen LogP contribution >= 0.6 is 0 Å². The highest BCUT2D eigenvalue weighted by molar-refractivity contribution is 5.52. The molecule has 0 amide bonds. The molecule has 1 aromatic rings. The van der Waals surface area contributed by atoms with Crippen molar-refractivity contribution in [2.24, 2.45) is 0 Å². The molecule has 2 aliphatic heterocycles. The Labute approximate surface area is 95.8 Å². The normalized spacial score (nSPS) is 36.5. The zero-order valence-electron chi connectivity index (χ0n) is 10.1. The Bertz CT molecular complexity index is 458. The van der Waals surface area contributed by atoms with E-state index in [-0.39, 0.29) is 0 Å². The third-order valence-corrected chi connectivity index (χ3v) is 4.32. The zero-order valence-corrected chi connectivity index (χ0v) is 10.1. The molecule has 2 atom stereocenters. The molecule has 3 aliphatic rings. The van der Waals surface area contributed by atoms with Crippen LogP contribution in [0.1, 0.15) is 38.8 Å². The van der Waals surface area contributed by atoms with Gasteiger partial charge in [-0.1, -0.05) is 24.3 Å². The van der Waals surface area contributed by atoms with Crippen LogP contribution in [0.15, 0.2) is 35.4 Å². The maximum Gasteiger partial charge on any atom is 0.147 e. The summed E-state index contributed by atoms with van der Waals surface area (Å²) >= 11 is 0. The van der Waals surface area contributed by atoms with Gasteiger partial charge in [0.05, 0.1) is 0 Å². The third kappa shape index (κ3) is 0.902. The minimum atomic E-state index is -0.418. The van der Waals surface area contributed by atoms with Gasteiger partial charge in [0.1, 0.15) is 11.2 Å². The molecule has 1 aromatic carbocycles. The van der Waals surface area contributed by atoms with Crippen LogP contribution in [0.2, 0.25) is 0 Å². The van der Waals surface area contributed by atoms with Crippen molar-refractivity contribution in [2.45, 2.75) is 38.9 Å². The molecule has 2 heteroatoms. The summed E-state index contributed by atoms with van der Waals surface area (Å²) in [6.07, 6.45) is 0. The number of hydrogen-bond acceptors (Lipinski definition) is 2. The molecule has 84 valence electrons. The Morgan fingerprint density at radius 1 is 0.812 bits per heavy atom. The lowest BCUT2D eigenvalue weighted by molar-refractivity contribution is -0.422. The molecule has 2 bridgehead atoms. The molecule has 0 aromatic heterocycles. The molecule has 2 heterocycles. The van der Waals surface area contributed by atoms with Crippen LogP contribution in [0.5, 0.6) is 0 Å². The Morgan fingerprint density at radius 3 is 1.56 bits per heavy atom. The van der Waals surface area contributed by atoms with Crippen molar-refractivity contribution in [1.29, 1.82) is 0 Å². The molecule has 0 saturated heterocycles. The SMILES string of the molecule is CC1=C(C)C2(C)OOC1(C)c1ccccc12. The summed E-state index contributed by atoms with van der Waals surface area (Å²) in [5.74, 6) is 0. The first-order valence-corrected chi connectivity index (χ1v) is 5.65. The second kappa shape index (κ2) is 2.76. The van der Waals surface area contributed by atoms with Crippen LogP contribution in [0.4, 0.5) is 0 Å². The first-order chi connectivity index (χ1) is 7.50. The standard InChI is InChI=1S/C14H16O2/c1-9-10(2)14(4)12-8-6-5-7-11(12)13(9,3)15-16-14/h5-8H,1-4H3. The molecule has 2 unspecified atom stereocenters. The van der Waals surface area contributed by atoms with E-state index in [0.717, 1.165) is 0 Å². The predicted molar refractivity (Wildman–Crippen MR) is 61.7 cm³/mol. The Kier molecular flexibility index (Phi) is 1.74. The van der Waals surface area contributed by atoms with Gasteiger partial charge in [0.25, 0.3) is 0 Å². The number of hydrogen-bond donors (Lipinski definition) is 0. The van der Waals surface area contributed by atoms with Crippen LogP contribution < -0.4 is 0 Å². The summed E-state index contributed by atoms with van der Waals surface area (Å²) < 4.78 is 0. The van der Waals surface area contributed by atoms with E-state index in [1.54, 1.807) is 0 Å². The lowest BCUT2D eigenvalue weighted by Gasteiger charge is -2.50. The lowest BCUT2D eigenvalue weighted by Crippen LogP contribution is -2.48. The summed E-state index contributed by atoms with van der Waals surface area (Å²) in [5, 5.41) is 0. The van der Waals surface area contributed by atoms with Crippen molar-refractivity contribution in [1.82, 2.24) is 0 Å². The minimum Gasteiger partial charge on any atom is -0.220 e. The van der Waals surface area contributed by atoms with Gasteiger partial charge in [-0.2, -0.15) is 0 Å². The quantitative estimate of drug-likeness (QED) is 0.488. The highest BCUT2D eigenvalue weighted by Crippen LogP contribution is 2.55. The second-order valence-electron chi connectivity index (χ2n) is 5.03. The van der Waals surface area contributed by atoms with Gasteiger partial charge in [-0.25, -0.2) is 9.78 Å². The Morgan fingerprint density at radius 2 is 1.19 bits per heavy atom. The maximum absolute atomic E-state index is 5.62. The molecule has 0 spiro atoms. The van der Waals surface area contributed by atoms with E-state index in [1.807, 2.05) is 0 Å². The van der Waals surface area contributed by atoms with Gasteiger partial charge in [0, 0.05) is 0 Å². The second-order valence-corrected chi connectivity index (χ2v) is 5.03.